The van der Waals surface area contributed by atoms with Gasteiger partial charge in [0.25, 0.3) is 0 Å². The molecule has 0 saturated carbocycles. The summed E-state index contributed by atoms with van der Waals surface area (Å²) in [6.45, 7) is 5.96. The molecule has 3 heteroatoms. The largest absolute Gasteiger partial charge is 0.364 e. The lowest BCUT2D eigenvalue weighted by atomic mass is 10.2. The fraction of sp³-hybridized carbons (Fsp3) is 0.556. The lowest BCUT2D eigenvalue weighted by molar-refractivity contribution is 0.627. The minimum atomic E-state index is 0.102. The quantitative estimate of drug-likeness (QED) is 0.578. The van der Waals surface area contributed by atoms with Crippen LogP contribution in [-0.4, -0.2) is 24.3 Å². The number of nitrogens with zero attached hydrogens (tertiary/aromatic N) is 2. The normalized spacial score (nSPS) is 29.8. The fourth-order valence-electron chi connectivity index (χ4n) is 1.21. The molecule has 2 heterocycles. The zero-order chi connectivity index (χ0) is 8.97. The average Bonchev–Trinajstić information content (AvgIpc) is 2.48. The number of hydrogen-bond donors (Lipinski definition) is 1. The van der Waals surface area contributed by atoms with Gasteiger partial charge in [-0.25, -0.2) is 4.99 Å². The first kappa shape index (κ1) is 8.97. The highest BCUT2D eigenvalue weighted by Gasteiger charge is 2.24. The van der Waals surface area contributed by atoms with Crippen molar-refractivity contribution in [2.75, 3.05) is 0 Å². The summed E-state index contributed by atoms with van der Waals surface area (Å²) in [5.41, 5.74) is 0. The van der Waals surface area contributed by atoms with Gasteiger partial charge in [0.2, 0.25) is 0 Å². The van der Waals surface area contributed by atoms with Crippen molar-refractivity contribution in [2.24, 2.45) is 9.98 Å². The van der Waals surface area contributed by atoms with Crippen LogP contribution < -0.4 is 5.32 Å². The number of hydrogen-bond acceptors (Lipinski definition) is 3. The number of fused-ring (bicyclic) bond motifs is 1. The highest BCUT2D eigenvalue weighted by molar-refractivity contribution is 5.84. The zero-order valence-electron chi connectivity index (χ0n) is 7.78. The molecule has 0 aromatic heterocycles. The van der Waals surface area contributed by atoms with Crippen molar-refractivity contribution < 1.29 is 0 Å². The molecule has 2 aliphatic rings. The van der Waals surface area contributed by atoms with Gasteiger partial charge in [0.1, 0.15) is 0 Å². The maximum Gasteiger partial charge on any atom is 0.165 e. The predicted molar refractivity (Wildman–Crippen MR) is 52.8 cm³/mol. The van der Waals surface area contributed by atoms with Crippen LogP contribution in [0.2, 0.25) is 0 Å². The van der Waals surface area contributed by atoms with Crippen molar-refractivity contribution in [1.29, 1.82) is 0 Å². The third-order valence-corrected chi connectivity index (χ3v) is 1.67. The molecule has 0 aromatic rings. The van der Waals surface area contributed by atoms with Gasteiger partial charge in [-0.05, 0) is 13.0 Å². The standard InChI is InChI=1S/C7H9N3.C2H6/c1-5-9-6-3-2-4-8-7(6)10-5;1-2/h2-4,6-7H,1H3,(H,9,10);1-2H3. The maximum atomic E-state index is 4.27. The Labute approximate surface area is 73.3 Å². The zero-order valence-corrected chi connectivity index (χ0v) is 7.78. The molecule has 66 valence electrons. The summed E-state index contributed by atoms with van der Waals surface area (Å²) < 4.78 is 0. The predicted octanol–water partition coefficient (Wildman–Crippen LogP) is 1.37. The van der Waals surface area contributed by atoms with Gasteiger partial charge in [-0.1, -0.05) is 19.9 Å². The fourth-order valence-corrected chi connectivity index (χ4v) is 1.21. The summed E-state index contributed by atoms with van der Waals surface area (Å²) in [5.74, 6) is 0.985. The second-order valence-electron chi connectivity index (χ2n) is 2.48. The Kier molecular flexibility index (Phi) is 3.02. The van der Waals surface area contributed by atoms with Crippen molar-refractivity contribution in [3.05, 3.63) is 12.2 Å². The van der Waals surface area contributed by atoms with E-state index in [1.807, 2.05) is 26.8 Å². The molecule has 2 rings (SSSR count). The second kappa shape index (κ2) is 4.04. The molecule has 0 fully saturated rings. The Hall–Kier alpha value is -1.12. The molecule has 0 aliphatic carbocycles. The third kappa shape index (κ3) is 1.72. The van der Waals surface area contributed by atoms with Gasteiger partial charge in [-0.2, -0.15) is 0 Å². The number of rotatable bonds is 0. The van der Waals surface area contributed by atoms with Crippen LogP contribution >= 0.6 is 0 Å². The Morgan fingerprint density at radius 3 is 2.83 bits per heavy atom. The third-order valence-electron chi connectivity index (χ3n) is 1.67. The van der Waals surface area contributed by atoms with Gasteiger partial charge in [0.05, 0.1) is 11.9 Å². The van der Waals surface area contributed by atoms with Gasteiger partial charge >= 0.3 is 0 Å². The van der Waals surface area contributed by atoms with E-state index in [0.29, 0.717) is 6.04 Å². The molecule has 0 spiro atoms. The minimum absolute atomic E-state index is 0.102. The number of allylic oxidation sites excluding steroid dienone is 1. The van der Waals surface area contributed by atoms with Crippen molar-refractivity contribution in [2.45, 2.75) is 33.0 Å². The summed E-state index contributed by atoms with van der Waals surface area (Å²) in [5, 5.41) is 3.21. The van der Waals surface area contributed by atoms with Crippen molar-refractivity contribution in [3.8, 4) is 0 Å². The van der Waals surface area contributed by atoms with Gasteiger partial charge in [0.15, 0.2) is 6.17 Å². The summed E-state index contributed by atoms with van der Waals surface area (Å²) in [6.07, 6.45) is 5.93. The Balaban J connectivity index is 0.000000336. The monoisotopic (exact) mass is 165 g/mol. The van der Waals surface area contributed by atoms with Crippen LogP contribution in [0.3, 0.4) is 0 Å². The molecule has 12 heavy (non-hydrogen) atoms. The van der Waals surface area contributed by atoms with E-state index >= 15 is 0 Å². The van der Waals surface area contributed by atoms with Crippen LogP contribution in [0.15, 0.2) is 22.1 Å². The second-order valence-corrected chi connectivity index (χ2v) is 2.48. The van der Waals surface area contributed by atoms with Crippen molar-refractivity contribution in [1.82, 2.24) is 5.32 Å². The highest BCUT2D eigenvalue weighted by atomic mass is 15.2. The van der Waals surface area contributed by atoms with Gasteiger partial charge in [0, 0.05) is 6.21 Å². The Morgan fingerprint density at radius 1 is 1.42 bits per heavy atom. The first-order valence-electron chi connectivity index (χ1n) is 4.37. The molecule has 0 bridgehead atoms. The molecule has 0 saturated heterocycles. The van der Waals surface area contributed by atoms with E-state index in [1.165, 1.54) is 0 Å². The maximum absolute atomic E-state index is 4.27. The van der Waals surface area contributed by atoms with E-state index in [0.717, 1.165) is 5.84 Å². The molecule has 0 radical (unpaired) electrons. The summed E-state index contributed by atoms with van der Waals surface area (Å²) in [7, 11) is 0. The first-order valence-corrected chi connectivity index (χ1v) is 4.37. The number of aliphatic imine (C=N–C) groups is 2. The number of nitrogens with one attached hydrogen (secondary N) is 1. The lowest BCUT2D eigenvalue weighted by Crippen LogP contribution is -2.32. The van der Waals surface area contributed by atoms with Crippen LogP contribution in [-0.2, 0) is 0 Å². The first-order chi connectivity index (χ1) is 5.86. The summed E-state index contributed by atoms with van der Waals surface area (Å²) >= 11 is 0. The summed E-state index contributed by atoms with van der Waals surface area (Å²) in [6, 6.07) is 0.310. The van der Waals surface area contributed by atoms with E-state index in [1.54, 1.807) is 6.21 Å². The molecule has 3 nitrogen and oxygen atoms in total. The Bertz CT molecular complexity index is 228. The van der Waals surface area contributed by atoms with Crippen LogP contribution in [0.25, 0.3) is 0 Å². The SMILES string of the molecule is CC.CC1=NC2N=CC=CC2N1. The van der Waals surface area contributed by atoms with Crippen LogP contribution in [0, 0.1) is 0 Å². The number of dihydropyridines is 1. The molecule has 1 N–H and O–H groups in total. The van der Waals surface area contributed by atoms with Gasteiger partial charge < -0.3 is 5.32 Å². The minimum Gasteiger partial charge on any atom is -0.364 e. The van der Waals surface area contributed by atoms with E-state index in [2.05, 4.69) is 21.4 Å². The van der Waals surface area contributed by atoms with E-state index in [4.69, 9.17) is 0 Å². The summed E-state index contributed by atoms with van der Waals surface area (Å²) in [4.78, 5) is 8.45. The van der Waals surface area contributed by atoms with E-state index < -0.39 is 0 Å². The molecule has 2 atom stereocenters. The van der Waals surface area contributed by atoms with Crippen LogP contribution in [0.5, 0.6) is 0 Å². The molecular weight excluding hydrogens is 150 g/mol. The van der Waals surface area contributed by atoms with E-state index in [-0.39, 0.29) is 6.17 Å². The molecular formula is C9H15N3. The van der Waals surface area contributed by atoms with Crippen LogP contribution in [0.4, 0.5) is 0 Å². The average molecular weight is 165 g/mol. The topological polar surface area (TPSA) is 36.8 Å². The molecule has 2 unspecified atom stereocenters. The van der Waals surface area contributed by atoms with E-state index in [9.17, 15) is 0 Å². The molecule has 0 amide bonds. The lowest BCUT2D eigenvalue weighted by Gasteiger charge is -2.12. The van der Waals surface area contributed by atoms with Crippen molar-refractivity contribution in [3.63, 3.8) is 0 Å². The molecule has 0 aromatic carbocycles. The van der Waals surface area contributed by atoms with Crippen LogP contribution in [0.1, 0.15) is 20.8 Å². The van der Waals surface area contributed by atoms with Gasteiger partial charge in [-0.3, -0.25) is 4.99 Å². The van der Waals surface area contributed by atoms with Crippen molar-refractivity contribution >= 4 is 12.1 Å². The highest BCUT2D eigenvalue weighted by Crippen LogP contribution is 2.11. The molecule has 2 aliphatic heterocycles. The Morgan fingerprint density at radius 2 is 2.17 bits per heavy atom. The van der Waals surface area contributed by atoms with Gasteiger partial charge in [-0.15, -0.1) is 0 Å². The smallest absolute Gasteiger partial charge is 0.165 e. The number of amidine groups is 1.